The van der Waals surface area contributed by atoms with Gasteiger partial charge in [-0.2, -0.15) is 0 Å². The highest BCUT2D eigenvalue weighted by atomic mass is 32.1. The molecule has 168 valence electrons. The van der Waals surface area contributed by atoms with Crippen LogP contribution in [0.3, 0.4) is 0 Å². The Labute approximate surface area is 194 Å². The SMILES string of the molecule is COc1ccc2nc(NC(=O)C3(c4ccc(-c5cnc(N)nc5)cc4)CCOCC3)sc2c1. The molecule has 0 saturated carbocycles. The Morgan fingerprint density at radius 1 is 1.09 bits per heavy atom. The average Bonchev–Trinajstić information content (AvgIpc) is 3.26. The molecule has 0 aliphatic carbocycles. The molecule has 1 aliphatic heterocycles. The number of rotatable bonds is 5. The zero-order valence-corrected chi connectivity index (χ0v) is 18.9. The van der Waals surface area contributed by atoms with Crippen LogP contribution in [-0.4, -0.2) is 41.2 Å². The maximum Gasteiger partial charge on any atom is 0.236 e. The van der Waals surface area contributed by atoms with Gasteiger partial charge in [0.05, 0.1) is 22.7 Å². The summed E-state index contributed by atoms with van der Waals surface area (Å²) in [5.41, 5.74) is 8.50. The summed E-state index contributed by atoms with van der Waals surface area (Å²) in [6, 6.07) is 13.6. The molecule has 1 aliphatic rings. The molecule has 0 bridgehead atoms. The second kappa shape index (κ2) is 8.76. The van der Waals surface area contributed by atoms with Crippen molar-refractivity contribution in [1.29, 1.82) is 0 Å². The van der Waals surface area contributed by atoms with Gasteiger partial charge in [-0.3, -0.25) is 4.79 Å². The van der Waals surface area contributed by atoms with Gasteiger partial charge in [0.25, 0.3) is 0 Å². The molecule has 8 nitrogen and oxygen atoms in total. The van der Waals surface area contributed by atoms with Crippen molar-refractivity contribution in [3.05, 3.63) is 60.4 Å². The molecule has 2 aromatic heterocycles. The minimum Gasteiger partial charge on any atom is -0.497 e. The first-order valence-corrected chi connectivity index (χ1v) is 11.4. The number of ether oxygens (including phenoxy) is 2. The molecule has 0 radical (unpaired) electrons. The van der Waals surface area contributed by atoms with Gasteiger partial charge in [-0.25, -0.2) is 15.0 Å². The fourth-order valence-corrected chi connectivity index (χ4v) is 5.03. The number of nitrogens with one attached hydrogen (secondary N) is 1. The second-order valence-corrected chi connectivity index (χ2v) is 8.94. The van der Waals surface area contributed by atoms with Crippen LogP contribution < -0.4 is 15.8 Å². The molecule has 33 heavy (non-hydrogen) atoms. The molecule has 0 unspecified atom stereocenters. The number of benzene rings is 2. The Morgan fingerprint density at radius 3 is 2.52 bits per heavy atom. The molecule has 0 atom stereocenters. The zero-order valence-electron chi connectivity index (χ0n) is 18.1. The van der Waals surface area contributed by atoms with Gasteiger partial charge in [-0.15, -0.1) is 0 Å². The number of thiazole rings is 1. The number of carbonyl (C=O) groups is 1. The standard InChI is InChI=1S/C24H23N5O3S/c1-31-18-6-7-19-20(12-18)33-23(28-19)29-21(30)24(8-10-32-11-9-24)17-4-2-15(3-5-17)16-13-26-22(25)27-14-16/h2-7,12-14H,8-11H2,1H3,(H2,25,26,27)(H,28,29,30). The normalized spacial score (nSPS) is 15.3. The minimum absolute atomic E-state index is 0.0691. The number of fused-ring (bicyclic) bond motifs is 1. The van der Waals surface area contributed by atoms with Crippen molar-refractivity contribution < 1.29 is 14.3 Å². The number of nitrogen functional groups attached to an aromatic ring is 1. The molecule has 3 N–H and O–H groups in total. The number of anilines is 2. The van der Waals surface area contributed by atoms with E-state index in [-0.39, 0.29) is 11.9 Å². The lowest BCUT2D eigenvalue weighted by Gasteiger charge is -2.36. The van der Waals surface area contributed by atoms with Crippen LogP contribution in [-0.2, 0) is 14.9 Å². The van der Waals surface area contributed by atoms with Crippen LogP contribution in [0.5, 0.6) is 5.75 Å². The quantitative estimate of drug-likeness (QED) is 0.461. The van der Waals surface area contributed by atoms with Crippen LogP contribution in [0, 0.1) is 0 Å². The number of carbonyl (C=O) groups excluding carboxylic acids is 1. The van der Waals surface area contributed by atoms with E-state index >= 15 is 0 Å². The third-order valence-corrected chi connectivity index (χ3v) is 6.97. The molecule has 0 spiro atoms. The summed E-state index contributed by atoms with van der Waals surface area (Å²) in [6.07, 6.45) is 4.58. The summed E-state index contributed by atoms with van der Waals surface area (Å²) < 4.78 is 11.8. The summed E-state index contributed by atoms with van der Waals surface area (Å²) in [7, 11) is 1.63. The van der Waals surface area contributed by atoms with Crippen molar-refractivity contribution in [2.75, 3.05) is 31.4 Å². The number of hydrogen-bond donors (Lipinski definition) is 2. The number of hydrogen-bond acceptors (Lipinski definition) is 8. The molecule has 1 amide bonds. The van der Waals surface area contributed by atoms with E-state index in [2.05, 4.69) is 20.3 Å². The third kappa shape index (κ3) is 4.12. The van der Waals surface area contributed by atoms with Gasteiger partial charge in [0.2, 0.25) is 11.9 Å². The first-order chi connectivity index (χ1) is 16.1. The summed E-state index contributed by atoms with van der Waals surface area (Å²) >= 11 is 1.44. The molecule has 1 saturated heterocycles. The Morgan fingerprint density at radius 2 is 1.82 bits per heavy atom. The summed E-state index contributed by atoms with van der Waals surface area (Å²) in [4.78, 5) is 26.3. The molecule has 5 rings (SSSR count). The van der Waals surface area contributed by atoms with Gasteiger partial charge in [0.15, 0.2) is 5.13 Å². The van der Waals surface area contributed by atoms with Gasteiger partial charge in [0, 0.05) is 31.2 Å². The van der Waals surface area contributed by atoms with E-state index in [0.717, 1.165) is 32.7 Å². The van der Waals surface area contributed by atoms with E-state index in [1.54, 1.807) is 19.5 Å². The predicted molar refractivity (Wildman–Crippen MR) is 128 cm³/mol. The molecule has 1 fully saturated rings. The molecule has 2 aromatic carbocycles. The lowest BCUT2D eigenvalue weighted by Crippen LogP contribution is -2.44. The van der Waals surface area contributed by atoms with Crippen molar-refractivity contribution in [3.8, 4) is 16.9 Å². The van der Waals surface area contributed by atoms with Crippen LogP contribution in [0.4, 0.5) is 11.1 Å². The first-order valence-electron chi connectivity index (χ1n) is 10.6. The second-order valence-electron chi connectivity index (χ2n) is 7.91. The van der Waals surface area contributed by atoms with Crippen LogP contribution in [0.1, 0.15) is 18.4 Å². The van der Waals surface area contributed by atoms with Gasteiger partial charge >= 0.3 is 0 Å². The molecule has 9 heteroatoms. The monoisotopic (exact) mass is 461 g/mol. The van der Waals surface area contributed by atoms with Crippen LogP contribution in [0.15, 0.2) is 54.9 Å². The first kappa shape index (κ1) is 21.3. The van der Waals surface area contributed by atoms with E-state index in [0.29, 0.717) is 31.2 Å². The largest absolute Gasteiger partial charge is 0.497 e. The highest BCUT2D eigenvalue weighted by Gasteiger charge is 2.42. The predicted octanol–water partition coefficient (Wildman–Crippen LogP) is 4.03. The lowest BCUT2D eigenvalue weighted by molar-refractivity contribution is -0.125. The van der Waals surface area contributed by atoms with E-state index < -0.39 is 5.41 Å². The summed E-state index contributed by atoms with van der Waals surface area (Å²) in [6.45, 7) is 1.05. The molecule has 3 heterocycles. The van der Waals surface area contributed by atoms with Gasteiger partial charge in [-0.1, -0.05) is 35.6 Å². The Hall–Kier alpha value is -3.56. The van der Waals surface area contributed by atoms with Crippen molar-refractivity contribution in [3.63, 3.8) is 0 Å². The topological polar surface area (TPSA) is 112 Å². The van der Waals surface area contributed by atoms with Gasteiger partial charge in [-0.05, 0) is 42.2 Å². The maximum atomic E-state index is 13.6. The third-order valence-electron chi connectivity index (χ3n) is 6.04. The van der Waals surface area contributed by atoms with Crippen molar-refractivity contribution in [2.45, 2.75) is 18.3 Å². The number of nitrogens with zero attached hydrogens (tertiary/aromatic N) is 3. The summed E-state index contributed by atoms with van der Waals surface area (Å²) in [5, 5.41) is 3.64. The highest BCUT2D eigenvalue weighted by molar-refractivity contribution is 7.22. The minimum atomic E-state index is -0.691. The molecule has 4 aromatic rings. The average molecular weight is 462 g/mol. The zero-order chi connectivity index (χ0) is 22.8. The van der Waals surface area contributed by atoms with Crippen molar-refractivity contribution in [1.82, 2.24) is 15.0 Å². The van der Waals surface area contributed by atoms with Crippen molar-refractivity contribution in [2.24, 2.45) is 0 Å². The van der Waals surface area contributed by atoms with E-state index in [9.17, 15) is 4.79 Å². The number of amides is 1. The number of aromatic nitrogens is 3. The Bertz CT molecular complexity index is 1280. The Balaban J connectivity index is 1.43. The van der Waals surface area contributed by atoms with Gasteiger partial charge < -0.3 is 20.5 Å². The summed E-state index contributed by atoms with van der Waals surface area (Å²) in [5.74, 6) is 0.929. The van der Waals surface area contributed by atoms with Crippen LogP contribution in [0.2, 0.25) is 0 Å². The van der Waals surface area contributed by atoms with Crippen LogP contribution in [0.25, 0.3) is 21.3 Å². The van der Waals surface area contributed by atoms with Crippen LogP contribution >= 0.6 is 11.3 Å². The van der Waals surface area contributed by atoms with E-state index in [4.69, 9.17) is 15.2 Å². The van der Waals surface area contributed by atoms with E-state index in [1.807, 2.05) is 42.5 Å². The fourth-order valence-electron chi connectivity index (χ4n) is 4.14. The number of nitrogens with two attached hydrogens (primary N) is 1. The van der Waals surface area contributed by atoms with Gasteiger partial charge in [0.1, 0.15) is 5.75 Å². The lowest BCUT2D eigenvalue weighted by atomic mass is 9.73. The molecular formula is C24H23N5O3S. The number of methoxy groups -OCH3 is 1. The fraction of sp³-hybridized carbons (Fsp3) is 0.250. The Kier molecular flexibility index (Phi) is 5.65. The highest BCUT2D eigenvalue weighted by Crippen LogP contribution is 2.38. The maximum absolute atomic E-state index is 13.6. The molecular weight excluding hydrogens is 438 g/mol. The smallest absolute Gasteiger partial charge is 0.236 e. The van der Waals surface area contributed by atoms with Crippen molar-refractivity contribution >= 4 is 38.5 Å². The van der Waals surface area contributed by atoms with E-state index in [1.165, 1.54) is 11.3 Å².